The fourth-order valence-electron chi connectivity index (χ4n) is 3.87. The van der Waals surface area contributed by atoms with Crippen LogP contribution in [0.2, 0.25) is 5.02 Å². The average Bonchev–Trinajstić information content (AvgIpc) is 3.04. The van der Waals surface area contributed by atoms with Crippen LogP contribution >= 0.6 is 11.6 Å². The average molecular weight is 400 g/mol. The third-order valence-corrected chi connectivity index (χ3v) is 5.80. The second-order valence-electron chi connectivity index (χ2n) is 7.44. The Morgan fingerprint density at radius 2 is 1.25 bits per heavy atom. The Balaban J connectivity index is 1.34. The maximum absolute atomic E-state index is 12.6. The summed E-state index contributed by atoms with van der Waals surface area (Å²) in [6.07, 6.45) is 5.07. The first-order valence-corrected chi connectivity index (χ1v) is 10.5. The van der Waals surface area contributed by atoms with Gasteiger partial charge in [0.1, 0.15) is 0 Å². The first kappa shape index (κ1) is 19.0. The SMILES string of the molecule is O=C(c1ccc(Cl)cc1)N1CCN(c2ccc(N3CCCCCC3)nn2)CC1. The van der Waals surface area contributed by atoms with Crippen LogP contribution in [0, 0.1) is 0 Å². The number of benzene rings is 1. The maximum atomic E-state index is 12.6. The summed E-state index contributed by atoms with van der Waals surface area (Å²) < 4.78 is 0. The molecule has 0 atom stereocenters. The van der Waals surface area contributed by atoms with E-state index in [0.29, 0.717) is 23.7 Å². The Labute approximate surface area is 171 Å². The number of anilines is 2. The van der Waals surface area contributed by atoms with Gasteiger partial charge < -0.3 is 14.7 Å². The molecule has 0 saturated carbocycles. The predicted octanol–water partition coefficient (Wildman–Crippen LogP) is 3.47. The van der Waals surface area contributed by atoms with E-state index in [1.54, 1.807) is 24.3 Å². The minimum atomic E-state index is 0.0545. The normalized spacial score (nSPS) is 18.1. The predicted molar refractivity (Wildman–Crippen MR) is 112 cm³/mol. The molecule has 2 saturated heterocycles. The highest BCUT2D eigenvalue weighted by Crippen LogP contribution is 2.20. The molecule has 0 unspecified atom stereocenters. The van der Waals surface area contributed by atoms with Gasteiger partial charge in [0.25, 0.3) is 5.91 Å². The Morgan fingerprint density at radius 3 is 1.79 bits per heavy atom. The van der Waals surface area contributed by atoms with E-state index in [4.69, 9.17) is 11.6 Å². The van der Waals surface area contributed by atoms with E-state index in [1.807, 2.05) is 4.90 Å². The molecule has 1 aromatic heterocycles. The molecule has 28 heavy (non-hydrogen) atoms. The standard InChI is InChI=1S/C21H26ClN5O/c22-18-7-5-17(6-8-18)21(28)27-15-13-26(14-16-27)20-10-9-19(23-24-20)25-11-3-1-2-4-12-25/h5-10H,1-4,11-16H2. The molecule has 0 bridgehead atoms. The van der Waals surface area contributed by atoms with Crippen LogP contribution in [0.25, 0.3) is 0 Å². The number of nitrogens with zero attached hydrogens (tertiary/aromatic N) is 5. The van der Waals surface area contributed by atoms with Crippen molar-refractivity contribution in [1.82, 2.24) is 15.1 Å². The molecule has 2 fully saturated rings. The first-order chi connectivity index (χ1) is 13.7. The molecule has 6 nitrogen and oxygen atoms in total. The number of piperazine rings is 1. The monoisotopic (exact) mass is 399 g/mol. The van der Waals surface area contributed by atoms with Gasteiger partial charge in [0.15, 0.2) is 11.6 Å². The molecule has 1 amide bonds. The second kappa shape index (κ2) is 8.78. The largest absolute Gasteiger partial charge is 0.355 e. The lowest BCUT2D eigenvalue weighted by Crippen LogP contribution is -2.49. The fraction of sp³-hybridized carbons (Fsp3) is 0.476. The lowest BCUT2D eigenvalue weighted by molar-refractivity contribution is 0.0746. The van der Waals surface area contributed by atoms with Gasteiger partial charge in [0.05, 0.1) is 0 Å². The number of carbonyl (C=O) groups excluding carboxylic acids is 1. The summed E-state index contributed by atoms with van der Waals surface area (Å²) in [6.45, 7) is 5.02. The summed E-state index contributed by atoms with van der Waals surface area (Å²) in [5.74, 6) is 1.92. The second-order valence-corrected chi connectivity index (χ2v) is 7.87. The Morgan fingerprint density at radius 1 is 0.714 bits per heavy atom. The zero-order chi connectivity index (χ0) is 19.3. The van der Waals surface area contributed by atoms with Crippen LogP contribution in [0.15, 0.2) is 36.4 Å². The highest BCUT2D eigenvalue weighted by Gasteiger charge is 2.23. The van der Waals surface area contributed by atoms with Crippen LogP contribution < -0.4 is 9.80 Å². The quantitative estimate of drug-likeness (QED) is 0.790. The van der Waals surface area contributed by atoms with E-state index in [2.05, 4.69) is 32.1 Å². The van der Waals surface area contributed by atoms with E-state index in [1.165, 1.54) is 25.7 Å². The van der Waals surface area contributed by atoms with Crippen molar-refractivity contribution in [2.24, 2.45) is 0 Å². The van der Waals surface area contributed by atoms with Gasteiger partial charge in [-0.3, -0.25) is 4.79 Å². The molecular formula is C21H26ClN5O. The number of carbonyl (C=O) groups is 1. The minimum absolute atomic E-state index is 0.0545. The highest BCUT2D eigenvalue weighted by atomic mass is 35.5. The molecule has 2 aliphatic heterocycles. The zero-order valence-electron chi connectivity index (χ0n) is 16.1. The van der Waals surface area contributed by atoms with Gasteiger partial charge >= 0.3 is 0 Å². The molecule has 4 rings (SSSR count). The third-order valence-electron chi connectivity index (χ3n) is 5.55. The van der Waals surface area contributed by atoms with E-state index in [-0.39, 0.29) is 5.91 Å². The van der Waals surface area contributed by atoms with Crippen LogP contribution in [0.1, 0.15) is 36.0 Å². The molecule has 3 heterocycles. The van der Waals surface area contributed by atoms with Crippen molar-refractivity contribution < 1.29 is 4.79 Å². The van der Waals surface area contributed by atoms with Gasteiger partial charge in [-0.15, -0.1) is 10.2 Å². The van der Waals surface area contributed by atoms with Crippen molar-refractivity contribution in [2.45, 2.75) is 25.7 Å². The highest BCUT2D eigenvalue weighted by molar-refractivity contribution is 6.30. The molecule has 2 aliphatic rings. The Hall–Kier alpha value is -2.34. The van der Waals surface area contributed by atoms with Crippen LogP contribution in [0.3, 0.4) is 0 Å². The summed E-state index contributed by atoms with van der Waals surface area (Å²) in [5, 5.41) is 9.57. The maximum Gasteiger partial charge on any atom is 0.253 e. The van der Waals surface area contributed by atoms with E-state index in [9.17, 15) is 4.79 Å². The first-order valence-electron chi connectivity index (χ1n) is 10.1. The van der Waals surface area contributed by atoms with Crippen LogP contribution in [0.5, 0.6) is 0 Å². The fourth-order valence-corrected chi connectivity index (χ4v) is 3.99. The number of rotatable bonds is 3. The molecule has 2 aromatic rings. The van der Waals surface area contributed by atoms with Crippen LogP contribution in [0.4, 0.5) is 11.6 Å². The van der Waals surface area contributed by atoms with Gasteiger partial charge in [-0.1, -0.05) is 24.4 Å². The van der Waals surface area contributed by atoms with Crippen molar-refractivity contribution >= 4 is 29.1 Å². The molecule has 0 aliphatic carbocycles. The van der Waals surface area contributed by atoms with Crippen LogP contribution in [-0.4, -0.2) is 60.3 Å². The summed E-state index contributed by atoms with van der Waals surface area (Å²) in [6, 6.07) is 11.2. The van der Waals surface area contributed by atoms with Gasteiger partial charge in [-0.05, 0) is 49.2 Å². The minimum Gasteiger partial charge on any atom is -0.355 e. The zero-order valence-corrected chi connectivity index (χ0v) is 16.8. The van der Waals surface area contributed by atoms with E-state index < -0.39 is 0 Å². The summed E-state index contributed by atoms with van der Waals surface area (Å²) >= 11 is 5.91. The summed E-state index contributed by atoms with van der Waals surface area (Å²) in [7, 11) is 0. The lowest BCUT2D eigenvalue weighted by atomic mass is 10.2. The number of aromatic nitrogens is 2. The summed E-state index contributed by atoms with van der Waals surface area (Å²) in [5.41, 5.74) is 0.680. The topological polar surface area (TPSA) is 52.6 Å². The lowest BCUT2D eigenvalue weighted by Gasteiger charge is -2.35. The van der Waals surface area contributed by atoms with Gasteiger partial charge in [-0.2, -0.15) is 0 Å². The van der Waals surface area contributed by atoms with Gasteiger partial charge in [0.2, 0.25) is 0 Å². The molecular weight excluding hydrogens is 374 g/mol. The van der Waals surface area contributed by atoms with Crippen molar-refractivity contribution in [3.8, 4) is 0 Å². The van der Waals surface area contributed by atoms with Gasteiger partial charge in [0, 0.05) is 49.9 Å². The molecule has 0 N–H and O–H groups in total. The van der Waals surface area contributed by atoms with Crippen molar-refractivity contribution in [2.75, 3.05) is 49.1 Å². The number of amides is 1. The molecule has 148 valence electrons. The smallest absolute Gasteiger partial charge is 0.253 e. The van der Waals surface area contributed by atoms with Gasteiger partial charge in [-0.25, -0.2) is 0 Å². The molecule has 7 heteroatoms. The number of hydrogen-bond donors (Lipinski definition) is 0. The Bertz CT molecular complexity index is 779. The molecule has 1 aromatic carbocycles. The summed E-state index contributed by atoms with van der Waals surface area (Å²) in [4.78, 5) is 19.1. The van der Waals surface area contributed by atoms with Crippen molar-refractivity contribution in [1.29, 1.82) is 0 Å². The number of halogens is 1. The van der Waals surface area contributed by atoms with Crippen molar-refractivity contribution in [3.63, 3.8) is 0 Å². The molecule has 0 radical (unpaired) electrons. The van der Waals surface area contributed by atoms with E-state index in [0.717, 1.165) is 37.8 Å². The third kappa shape index (κ3) is 4.38. The molecule has 0 spiro atoms. The van der Waals surface area contributed by atoms with Crippen molar-refractivity contribution in [3.05, 3.63) is 47.0 Å². The Kier molecular flexibility index (Phi) is 5.95. The van der Waals surface area contributed by atoms with Crippen LogP contribution in [-0.2, 0) is 0 Å². The van der Waals surface area contributed by atoms with E-state index >= 15 is 0 Å². The number of hydrogen-bond acceptors (Lipinski definition) is 5.